The lowest BCUT2D eigenvalue weighted by Gasteiger charge is -2.05. The van der Waals surface area contributed by atoms with Gasteiger partial charge in [0.25, 0.3) is 5.56 Å². The maximum atomic E-state index is 12.0. The normalized spacial score (nSPS) is 9.77. The van der Waals surface area contributed by atoms with Crippen molar-refractivity contribution in [1.29, 1.82) is 0 Å². The van der Waals surface area contributed by atoms with Crippen LogP contribution in [0.5, 0.6) is 0 Å². The Balaban J connectivity index is 0.000000847. The van der Waals surface area contributed by atoms with Crippen LogP contribution in [0.3, 0.4) is 0 Å². The van der Waals surface area contributed by atoms with Crippen LogP contribution in [0.4, 0.5) is 0 Å². The average molecular weight is 292 g/mol. The summed E-state index contributed by atoms with van der Waals surface area (Å²) < 4.78 is 0. The number of nitrogens with zero attached hydrogens (tertiary/aromatic N) is 1. The number of nitrogens with one attached hydrogen (secondary N) is 1. The Labute approximate surface area is 130 Å². The van der Waals surface area contributed by atoms with Gasteiger partial charge in [-0.3, -0.25) is 9.78 Å². The first-order valence-electron chi connectivity index (χ1n) is 7.45. The quantitative estimate of drug-likeness (QED) is 0.759. The molecular weight excluding hydrogens is 272 g/mol. The number of aryl methyl sites for hydroxylation is 1. The van der Waals surface area contributed by atoms with Gasteiger partial charge in [-0.15, -0.1) is 0 Å². The molecule has 112 valence electrons. The van der Waals surface area contributed by atoms with E-state index in [0.717, 1.165) is 16.8 Å². The van der Waals surface area contributed by atoms with Crippen LogP contribution < -0.4 is 5.56 Å². The highest BCUT2D eigenvalue weighted by Crippen LogP contribution is 2.21. The number of aromatic amines is 1. The molecule has 2 heterocycles. The summed E-state index contributed by atoms with van der Waals surface area (Å²) in [6, 6.07) is 15.5. The van der Waals surface area contributed by atoms with Gasteiger partial charge in [-0.2, -0.15) is 0 Å². The second-order valence-corrected chi connectivity index (χ2v) is 4.71. The van der Waals surface area contributed by atoms with Crippen molar-refractivity contribution in [2.24, 2.45) is 0 Å². The van der Waals surface area contributed by atoms with Gasteiger partial charge in [-0.05, 0) is 30.7 Å². The molecule has 3 heteroatoms. The van der Waals surface area contributed by atoms with E-state index in [2.05, 4.69) is 9.97 Å². The third kappa shape index (κ3) is 3.50. The van der Waals surface area contributed by atoms with Crippen LogP contribution in [0, 0.1) is 6.92 Å². The van der Waals surface area contributed by atoms with Crippen molar-refractivity contribution in [2.75, 3.05) is 0 Å². The number of aromatic nitrogens is 2. The summed E-state index contributed by atoms with van der Waals surface area (Å²) in [4.78, 5) is 19.1. The van der Waals surface area contributed by atoms with E-state index in [-0.39, 0.29) is 5.56 Å². The lowest BCUT2D eigenvalue weighted by atomic mass is 10.0. The Hall–Kier alpha value is -2.68. The lowest BCUT2D eigenvalue weighted by molar-refractivity contribution is 1.22. The van der Waals surface area contributed by atoms with E-state index in [1.165, 1.54) is 5.56 Å². The number of rotatable bonds is 2. The van der Waals surface area contributed by atoms with Gasteiger partial charge in [0.2, 0.25) is 0 Å². The molecule has 0 unspecified atom stereocenters. The highest BCUT2D eigenvalue weighted by Gasteiger charge is 2.06. The molecule has 0 atom stereocenters. The summed E-state index contributed by atoms with van der Waals surface area (Å²) in [5.74, 6) is 0. The summed E-state index contributed by atoms with van der Waals surface area (Å²) in [5, 5.41) is 0. The summed E-state index contributed by atoms with van der Waals surface area (Å²) in [6.45, 7) is 6.03. The molecule has 3 rings (SSSR count). The van der Waals surface area contributed by atoms with E-state index in [4.69, 9.17) is 0 Å². The fourth-order valence-electron chi connectivity index (χ4n) is 2.11. The predicted octanol–water partition coefficient (Wildman–Crippen LogP) is 4.44. The van der Waals surface area contributed by atoms with E-state index in [1.807, 2.05) is 69.3 Å². The zero-order valence-corrected chi connectivity index (χ0v) is 13.1. The second kappa shape index (κ2) is 7.36. The van der Waals surface area contributed by atoms with Crippen LogP contribution in [0.15, 0.2) is 65.7 Å². The largest absolute Gasteiger partial charge is 0.328 e. The summed E-state index contributed by atoms with van der Waals surface area (Å²) in [6.07, 6.45) is 3.44. The maximum Gasteiger partial charge on any atom is 0.255 e. The average Bonchev–Trinajstić information content (AvgIpc) is 2.59. The monoisotopic (exact) mass is 292 g/mol. The molecule has 0 radical (unpaired) electrons. The van der Waals surface area contributed by atoms with E-state index >= 15 is 0 Å². The van der Waals surface area contributed by atoms with Crippen molar-refractivity contribution in [3.05, 3.63) is 76.8 Å². The summed E-state index contributed by atoms with van der Waals surface area (Å²) in [5.41, 5.74) is 4.40. The van der Waals surface area contributed by atoms with Gasteiger partial charge in [0, 0.05) is 23.5 Å². The van der Waals surface area contributed by atoms with E-state index in [9.17, 15) is 4.79 Å². The molecule has 0 aliphatic heterocycles. The first-order valence-corrected chi connectivity index (χ1v) is 7.45. The molecule has 3 aromatic rings. The van der Waals surface area contributed by atoms with E-state index in [0.29, 0.717) is 5.56 Å². The molecule has 1 aromatic carbocycles. The minimum absolute atomic E-state index is 0.0893. The van der Waals surface area contributed by atoms with Crippen LogP contribution in [0.25, 0.3) is 22.4 Å². The van der Waals surface area contributed by atoms with E-state index in [1.54, 1.807) is 12.4 Å². The van der Waals surface area contributed by atoms with Crippen LogP contribution >= 0.6 is 0 Å². The Morgan fingerprint density at radius 1 is 0.955 bits per heavy atom. The van der Waals surface area contributed by atoms with Gasteiger partial charge < -0.3 is 4.98 Å². The van der Waals surface area contributed by atoms with Crippen LogP contribution in [0.1, 0.15) is 19.4 Å². The number of hydrogen-bond donors (Lipinski definition) is 1. The number of hydrogen-bond acceptors (Lipinski definition) is 2. The van der Waals surface area contributed by atoms with Crippen molar-refractivity contribution in [1.82, 2.24) is 9.97 Å². The molecule has 0 amide bonds. The zero-order chi connectivity index (χ0) is 15.9. The Morgan fingerprint density at radius 2 is 1.68 bits per heavy atom. The SMILES string of the molecule is CC.Cc1ccc(-c2cc(-c3ccccn3)c[nH]c2=O)cc1. The van der Waals surface area contributed by atoms with Gasteiger partial charge in [0.05, 0.1) is 5.69 Å². The van der Waals surface area contributed by atoms with Crippen molar-refractivity contribution < 1.29 is 0 Å². The second-order valence-electron chi connectivity index (χ2n) is 4.71. The predicted molar refractivity (Wildman–Crippen MR) is 91.8 cm³/mol. The molecule has 1 N–H and O–H groups in total. The fraction of sp³-hybridized carbons (Fsp3) is 0.158. The Kier molecular flexibility index (Phi) is 5.26. The Bertz CT molecular complexity index is 775. The number of benzene rings is 1. The third-order valence-electron chi connectivity index (χ3n) is 3.23. The Morgan fingerprint density at radius 3 is 2.32 bits per heavy atom. The number of pyridine rings is 2. The standard InChI is InChI=1S/C17H14N2O.C2H6/c1-12-5-7-13(8-6-12)15-10-14(11-19-17(15)20)16-4-2-3-9-18-16;1-2/h2-11H,1H3,(H,19,20);1-2H3. The highest BCUT2D eigenvalue weighted by atomic mass is 16.1. The van der Waals surface area contributed by atoms with Crippen LogP contribution in [-0.2, 0) is 0 Å². The van der Waals surface area contributed by atoms with Crippen LogP contribution in [-0.4, -0.2) is 9.97 Å². The summed E-state index contributed by atoms with van der Waals surface area (Å²) >= 11 is 0. The maximum absolute atomic E-state index is 12.0. The van der Waals surface area contributed by atoms with Gasteiger partial charge in [0.15, 0.2) is 0 Å². The van der Waals surface area contributed by atoms with Gasteiger partial charge in [0.1, 0.15) is 0 Å². The molecule has 0 saturated carbocycles. The smallest absolute Gasteiger partial charge is 0.255 e. The minimum atomic E-state index is -0.0893. The minimum Gasteiger partial charge on any atom is -0.328 e. The molecule has 0 aliphatic rings. The van der Waals surface area contributed by atoms with Crippen LogP contribution in [0.2, 0.25) is 0 Å². The van der Waals surface area contributed by atoms with Crippen molar-refractivity contribution in [2.45, 2.75) is 20.8 Å². The van der Waals surface area contributed by atoms with Gasteiger partial charge >= 0.3 is 0 Å². The first-order chi connectivity index (χ1) is 10.7. The van der Waals surface area contributed by atoms with Gasteiger partial charge in [-0.25, -0.2) is 0 Å². The molecule has 22 heavy (non-hydrogen) atoms. The zero-order valence-electron chi connectivity index (χ0n) is 13.1. The highest BCUT2D eigenvalue weighted by molar-refractivity contribution is 5.69. The number of H-pyrrole nitrogens is 1. The van der Waals surface area contributed by atoms with Gasteiger partial charge in [-0.1, -0.05) is 49.7 Å². The van der Waals surface area contributed by atoms with Crippen molar-refractivity contribution >= 4 is 0 Å². The molecular formula is C19H20N2O. The fourth-order valence-corrected chi connectivity index (χ4v) is 2.11. The topological polar surface area (TPSA) is 45.8 Å². The van der Waals surface area contributed by atoms with E-state index < -0.39 is 0 Å². The lowest BCUT2D eigenvalue weighted by Crippen LogP contribution is -2.08. The molecule has 0 fully saturated rings. The van der Waals surface area contributed by atoms with Crippen molar-refractivity contribution in [3.8, 4) is 22.4 Å². The molecule has 0 aliphatic carbocycles. The molecule has 3 nitrogen and oxygen atoms in total. The third-order valence-corrected chi connectivity index (χ3v) is 3.23. The molecule has 2 aromatic heterocycles. The molecule has 0 spiro atoms. The summed E-state index contributed by atoms with van der Waals surface area (Å²) in [7, 11) is 0. The molecule has 0 bridgehead atoms. The molecule has 0 saturated heterocycles. The first kappa shape index (κ1) is 15.7. The van der Waals surface area contributed by atoms with Crippen molar-refractivity contribution in [3.63, 3.8) is 0 Å².